The van der Waals surface area contributed by atoms with Crippen molar-refractivity contribution < 1.29 is 0 Å². The fourth-order valence-corrected chi connectivity index (χ4v) is 1.68. The van der Waals surface area contributed by atoms with E-state index in [1.807, 2.05) is 27.9 Å². The molecule has 0 saturated heterocycles. The Bertz CT molecular complexity index is 459. The molecule has 0 rings (SSSR count). The number of hydrogen-bond acceptors (Lipinski definition) is 5. The van der Waals surface area contributed by atoms with Gasteiger partial charge in [-0.05, 0) is 71.3 Å². The van der Waals surface area contributed by atoms with E-state index in [9.17, 15) is 0 Å². The summed E-state index contributed by atoms with van der Waals surface area (Å²) in [6.45, 7) is 10.6. The molecule has 0 fully saturated rings. The Morgan fingerprint density at radius 1 is 0.958 bits per heavy atom. The van der Waals surface area contributed by atoms with Crippen molar-refractivity contribution in [3.63, 3.8) is 0 Å². The third-order valence-corrected chi connectivity index (χ3v) is 3.38. The molecule has 9 heteroatoms. The highest BCUT2D eigenvalue weighted by molar-refractivity contribution is 7.80. The first-order valence-electron chi connectivity index (χ1n) is 8.03. The zero-order valence-electron chi connectivity index (χ0n) is 15.6. The minimum atomic E-state index is 0.502. The van der Waals surface area contributed by atoms with Gasteiger partial charge in [0.15, 0.2) is 10.2 Å². The summed E-state index contributed by atoms with van der Waals surface area (Å²) in [5.41, 5.74) is 7.08. The molecule has 4 N–H and O–H groups in total. The zero-order valence-corrected chi connectivity index (χ0v) is 17.2. The molecular weight excluding hydrogens is 342 g/mol. The first kappa shape index (κ1) is 22.7. The second-order valence-corrected chi connectivity index (χ2v) is 6.95. The minimum absolute atomic E-state index is 0.502. The normalized spacial score (nSPS) is 12.3. The van der Waals surface area contributed by atoms with Gasteiger partial charge in [-0.25, -0.2) is 0 Å². The third kappa shape index (κ3) is 13.1. The standard InChI is InChI=1S/C15H31N7S2/c1-11(2)10-17-15(24)21-19-13(4)12(3)18-20-14(23)16-8-7-9-22(5)6/h11H,7-10H2,1-6H3,(H2,16,20,23)(H2,17,21,24). The molecule has 0 aromatic heterocycles. The van der Waals surface area contributed by atoms with Crippen molar-refractivity contribution in [2.75, 3.05) is 33.7 Å². The van der Waals surface area contributed by atoms with Crippen LogP contribution >= 0.6 is 24.4 Å². The summed E-state index contributed by atoms with van der Waals surface area (Å²) in [5.74, 6) is 0.522. The van der Waals surface area contributed by atoms with Crippen molar-refractivity contribution in [2.45, 2.75) is 34.1 Å². The van der Waals surface area contributed by atoms with Gasteiger partial charge in [-0.1, -0.05) is 13.8 Å². The predicted molar refractivity (Wildman–Crippen MR) is 112 cm³/mol. The van der Waals surface area contributed by atoms with E-state index in [-0.39, 0.29) is 0 Å². The summed E-state index contributed by atoms with van der Waals surface area (Å²) >= 11 is 10.3. The first-order chi connectivity index (χ1) is 11.2. The molecule has 0 radical (unpaired) electrons. The number of nitrogens with zero attached hydrogens (tertiary/aromatic N) is 3. The molecule has 0 bridgehead atoms. The molecular formula is C15H31N7S2. The molecule has 0 amide bonds. The monoisotopic (exact) mass is 373 g/mol. The van der Waals surface area contributed by atoms with Crippen LogP contribution in [0.1, 0.15) is 34.1 Å². The van der Waals surface area contributed by atoms with E-state index in [1.165, 1.54) is 0 Å². The average Bonchev–Trinajstić information content (AvgIpc) is 2.51. The fraction of sp³-hybridized carbons (Fsp3) is 0.733. The van der Waals surface area contributed by atoms with Crippen LogP contribution < -0.4 is 21.5 Å². The third-order valence-electron chi connectivity index (χ3n) is 2.91. The second-order valence-electron chi connectivity index (χ2n) is 6.13. The largest absolute Gasteiger partial charge is 0.361 e. The van der Waals surface area contributed by atoms with Gasteiger partial charge in [-0.3, -0.25) is 10.9 Å². The number of nitrogens with one attached hydrogen (secondary N) is 4. The quantitative estimate of drug-likeness (QED) is 0.210. The highest BCUT2D eigenvalue weighted by Gasteiger charge is 2.00. The summed E-state index contributed by atoms with van der Waals surface area (Å²) in [7, 11) is 4.09. The molecule has 0 aliphatic carbocycles. The summed E-state index contributed by atoms with van der Waals surface area (Å²) in [6, 6.07) is 0. The lowest BCUT2D eigenvalue weighted by atomic mass is 10.2. The van der Waals surface area contributed by atoms with Gasteiger partial charge in [0.25, 0.3) is 0 Å². The van der Waals surface area contributed by atoms with Crippen LogP contribution in [0.3, 0.4) is 0 Å². The van der Waals surface area contributed by atoms with Crippen LogP contribution in [0.5, 0.6) is 0 Å². The Labute approximate surface area is 156 Å². The molecule has 138 valence electrons. The van der Waals surface area contributed by atoms with Crippen LogP contribution in [0.25, 0.3) is 0 Å². The van der Waals surface area contributed by atoms with Gasteiger partial charge in [0, 0.05) is 13.1 Å². The van der Waals surface area contributed by atoms with Gasteiger partial charge >= 0.3 is 0 Å². The van der Waals surface area contributed by atoms with Crippen LogP contribution in [-0.4, -0.2) is 60.3 Å². The van der Waals surface area contributed by atoms with E-state index in [0.717, 1.165) is 37.5 Å². The van der Waals surface area contributed by atoms with E-state index in [2.05, 4.69) is 50.4 Å². The maximum atomic E-state index is 5.17. The van der Waals surface area contributed by atoms with Crippen LogP contribution in [0.2, 0.25) is 0 Å². The molecule has 0 unspecified atom stereocenters. The van der Waals surface area contributed by atoms with Crippen molar-refractivity contribution in [3.05, 3.63) is 0 Å². The van der Waals surface area contributed by atoms with Gasteiger partial charge in [0.2, 0.25) is 0 Å². The summed E-state index contributed by atoms with van der Waals surface area (Å²) in [5, 5.41) is 15.6. The van der Waals surface area contributed by atoms with Crippen molar-refractivity contribution in [2.24, 2.45) is 16.1 Å². The van der Waals surface area contributed by atoms with Crippen molar-refractivity contribution in [1.29, 1.82) is 0 Å². The van der Waals surface area contributed by atoms with Gasteiger partial charge in [-0.15, -0.1) is 0 Å². The lowest BCUT2D eigenvalue weighted by Crippen LogP contribution is -2.36. The minimum Gasteiger partial charge on any atom is -0.361 e. The summed E-state index contributed by atoms with van der Waals surface area (Å²) < 4.78 is 0. The van der Waals surface area contributed by atoms with Crippen molar-refractivity contribution in [1.82, 2.24) is 26.4 Å². The number of hydrogen-bond donors (Lipinski definition) is 4. The smallest absolute Gasteiger partial charge is 0.186 e. The second kappa shape index (κ2) is 13.0. The predicted octanol–water partition coefficient (Wildman–Crippen LogP) is 1.27. The average molecular weight is 374 g/mol. The highest BCUT2D eigenvalue weighted by atomic mass is 32.1. The molecule has 0 aliphatic rings. The zero-order chi connectivity index (χ0) is 18.5. The lowest BCUT2D eigenvalue weighted by molar-refractivity contribution is 0.400. The maximum Gasteiger partial charge on any atom is 0.186 e. The molecule has 0 atom stereocenters. The Morgan fingerprint density at radius 3 is 1.92 bits per heavy atom. The van der Waals surface area contributed by atoms with Crippen molar-refractivity contribution in [3.8, 4) is 0 Å². The Balaban J connectivity index is 4.14. The lowest BCUT2D eigenvalue weighted by Gasteiger charge is -2.11. The Morgan fingerprint density at radius 2 is 1.46 bits per heavy atom. The van der Waals surface area contributed by atoms with E-state index < -0.39 is 0 Å². The van der Waals surface area contributed by atoms with E-state index in [0.29, 0.717) is 16.1 Å². The van der Waals surface area contributed by atoms with Gasteiger partial charge in [0.1, 0.15) is 0 Å². The topological polar surface area (TPSA) is 76.1 Å². The van der Waals surface area contributed by atoms with Crippen LogP contribution in [0, 0.1) is 5.92 Å². The van der Waals surface area contributed by atoms with Gasteiger partial charge in [-0.2, -0.15) is 10.2 Å². The molecule has 0 spiro atoms. The maximum absolute atomic E-state index is 5.17. The first-order valence-corrected chi connectivity index (χ1v) is 8.85. The molecule has 7 nitrogen and oxygen atoms in total. The number of thiocarbonyl (C=S) groups is 2. The van der Waals surface area contributed by atoms with E-state index in [1.54, 1.807) is 0 Å². The Kier molecular flexibility index (Phi) is 12.3. The highest BCUT2D eigenvalue weighted by Crippen LogP contribution is 1.87. The summed E-state index contributed by atoms with van der Waals surface area (Å²) in [4.78, 5) is 2.13. The SMILES string of the molecule is CC(=NNC(=S)NCCCN(C)C)C(C)=NNC(=S)NCC(C)C. The molecule has 0 aliphatic heterocycles. The van der Waals surface area contributed by atoms with Gasteiger partial charge < -0.3 is 15.5 Å². The van der Waals surface area contributed by atoms with Gasteiger partial charge in [0.05, 0.1) is 11.4 Å². The number of rotatable bonds is 9. The van der Waals surface area contributed by atoms with Crippen LogP contribution in [0.15, 0.2) is 10.2 Å². The molecule has 24 heavy (non-hydrogen) atoms. The fourth-order valence-electron chi connectivity index (χ4n) is 1.40. The van der Waals surface area contributed by atoms with Crippen molar-refractivity contribution >= 4 is 46.1 Å². The molecule has 0 aromatic carbocycles. The van der Waals surface area contributed by atoms with E-state index in [4.69, 9.17) is 24.4 Å². The van der Waals surface area contributed by atoms with E-state index >= 15 is 0 Å². The Hall–Kier alpha value is -1.32. The van der Waals surface area contributed by atoms with Crippen LogP contribution in [0.4, 0.5) is 0 Å². The molecule has 0 saturated carbocycles. The summed E-state index contributed by atoms with van der Waals surface area (Å²) in [6.07, 6.45) is 1.02. The van der Waals surface area contributed by atoms with Crippen LogP contribution in [-0.2, 0) is 0 Å². The molecule has 0 heterocycles. The molecule has 0 aromatic rings. The number of hydrazone groups is 2.